The summed E-state index contributed by atoms with van der Waals surface area (Å²) in [4.78, 5) is 29.5. The van der Waals surface area contributed by atoms with Crippen molar-refractivity contribution in [1.82, 2.24) is 14.5 Å². The van der Waals surface area contributed by atoms with Crippen molar-refractivity contribution in [3.8, 4) is 0 Å². The number of carbonyl (C=O) groups excluding carboxylic acids is 2. The zero-order valence-electron chi connectivity index (χ0n) is 11.8. The Morgan fingerprint density at radius 3 is 2.65 bits per heavy atom. The van der Waals surface area contributed by atoms with Gasteiger partial charge in [0, 0.05) is 32.1 Å². The molecule has 0 saturated carbocycles. The summed E-state index contributed by atoms with van der Waals surface area (Å²) in [6.07, 6.45) is 3.37. The topological polar surface area (TPSA) is 55.2 Å². The number of hydrogen-bond acceptors (Lipinski definition) is 3. The van der Waals surface area contributed by atoms with Crippen LogP contribution in [-0.4, -0.2) is 33.2 Å². The third-order valence-electron chi connectivity index (χ3n) is 3.10. The molecule has 0 saturated heterocycles. The van der Waals surface area contributed by atoms with Crippen LogP contribution in [0.25, 0.3) is 0 Å². The molecule has 5 nitrogen and oxygen atoms in total. The second-order valence-electron chi connectivity index (χ2n) is 4.76. The Morgan fingerprint density at radius 2 is 2.10 bits per heavy atom. The van der Waals surface area contributed by atoms with Crippen molar-refractivity contribution in [3.05, 3.63) is 53.6 Å². The maximum atomic E-state index is 12.4. The number of aryl methyl sites for hydroxylation is 1. The Labute approximate surface area is 117 Å². The van der Waals surface area contributed by atoms with Crippen LogP contribution in [0.1, 0.15) is 33.5 Å². The molecule has 104 valence electrons. The maximum Gasteiger partial charge on any atom is 0.270 e. The zero-order chi connectivity index (χ0) is 14.7. The molecule has 0 unspecified atom stereocenters. The molecule has 0 radical (unpaired) electrons. The summed E-state index contributed by atoms with van der Waals surface area (Å²) in [5.74, 6) is -0.183. The van der Waals surface area contributed by atoms with Gasteiger partial charge in [0.25, 0.3) is 5.91 Å². The van der Waals surface area contributed by atoms with Gasteiger partial charge in [0.1, 0.15) is 5.69 Å². The highest BCUT2D eigenvalue weighted by atomic mass is 16.2. The summed E-state index contributed by atoms with van der Waals surface area (Å²) in [5, 5.41) is 0. The average molecular weight is 271 g/mol. The molecule has 0 atom stereocenters. The molecule has 0 fully saturated rings. The lowest BCUT2D eigenvalue weighted by molar-refractivity contribution is 0.0774. The third kappa shape index (κ3) is 2.93. The first-order chi connectivity index (χ1) is 9.49. The van der Waals surface area contributed by atoms with Gasteiger partial charge in [-0.1, -0.05) is 6.07 Å². The van der Waals surface area contributed by atoms with Crippen molar-refractivity contribution < 1.29 is 9.59 Å². The van der Waals surface area contributed by atoms with Crippen molar-refractivity contribution in [2.75, 3.05) is 7.05 Å². The molecule has 0 aliphatic heterocycles. The van der Waals surface area contributed by atoms with Crippen molar-refractivity contribution >= 4 is 11.7 Å². The van der Waals surface area contributed by atoms with Gasteiger partial charge in [0.2, 0.25) is 0 Å². The molecular weight excluding hydrogens is 254 g/mol. The summed E-state index contributed by atoms with van der Waals surface area (Å²) in [6, 6.07) is 7.22. The Bertz CT molecular complexity index is 632. The molecule has 1 amide bonds. The van der Waals surface area contributed by atoms with E-state index < -0.39 is 0 Å². The van der Waals surface area contributed by atoms with Crippen LogP contribution in [0.4, 0.5) is 0 Å². The molecule has 20 heavy (non-hydrogen) atoms. The normalized spacial score (nSPS) is 10.3. The number of hydrogen-bond donors (Lipinski definition) is 0. The number of amides is 1. The molecule has 0 N–H and O–H groups in total. The van der Waals surface area contributed by atoms with Gasteiger partial charge in [0.15, 0.2) is 5.78 Å². The van der Waals surface area contributed by atoms with Gasteiger partial charge in [-0.25, -0.2) is 0 Å². The third-order valence-corrected chi connectivity index (χ3v) is 3.10. The van der Waals surface area contributed by atoms with Gasteiger partial charge < -0.3 is 9.47 Å². The van der Waals surface area contributed by atoms with Crippen molar-refractivity contribution in [1.29, 1.82) is 0 Å². The molecule has 0 bridgehead atoms. The second kappa shape index (κ2) is 5.69. The predicted molar refractivity (Wildman–Crippen MR) is 75.5 cm³/mol. The average Bonchev–Trinajstić information content (AvgIpc) is 2.81. The summed E-state index contributed by atoms with van der Waals surface area (Å²) < 4.78 is 1.67. The van der Waals surface area contributed by atoms with E-state index in [1.54, 1.807) is 42.0 Å². The number of nitrogens with zero attached hydrogens (tertiary/aromatic N) is 3. The molecule has 2 aromatic rings. The Balaban J connectivity index is 2.16. The van der Waals surface area contributed by atoms with Gasteiger partial charge in [-0.3, -0.25) is 14.6 Å². The fraction of sp³-hybridized carbons (Fsp3) is 0.267. The molecule has 0 spiro atoms. The second-order valence-corrected chi connectivity index (χ2v) is 4.76. The fourth-order valence-corrected chi connectivity index (χ4v) is 1.97. The van der Waals surface area contributed by atoms with Crippen LogP contribution in [-0.2, 0) is 13.6 Å². The molecular formula is C15H17N3O2. The summed E-state index contributed by atoms with van der Waals surface area (Å²) in [6.45, 7) is 1.92. The van der Waals surface area contributed by atoms with Crippen LogP contribution < -0.4 is 0 Å². The lowest BCUT2D eigenvalue weighted by Gasteiger charge is -2.16. The monoisotopic (exact) mass is 271 g/mol. The van der Waals surface area contributed by atoms with Crippen molar-refractivity contribution in [2.24, 2.45) is 7.05 Å². The van der Waals surface area contributed by atoms with Gasteiger partial charge in [-0.05, 0) is 25.1 Å². The number of Topliss-reactive ketones (excluding diaryl/α,β-unsaturated/α-hetero) is 1. The van der Waals surface area contributed by atoms with Crippen LogP contribution in [0.2, 0.25) is 0 Å². The largest absolute Gasteiger partial charge is 0.346 e. The lowest BCUT2D eigenvalue weighted by atomic mass is 10.2. The van der Waals surface area contributed by atoms with Gasteiger partial charge in [-0.15, -0.1) is 0 Å². The minimum Gasteiger partial charge on any atom is -0.346 e. The first-order valence-electron chi connectivity index (χ1n) is 6.31. The highest BCUT2D eigenvalue weighted by Crippen LogP contribution is 2.11. The van der Waals surface area contributed by atoms with E-state index in [1.807, 2.05) is 18.2 Å². The summed E-state index contributed by atoms with van der Waals surface area (Å²) in [5.41, 5.74) is 1.86. The van der Waals surface area contributed by atoms with Crippen LogP contribution in [0.5, 0.6) is 0 Å². The standard InChI is InChI=1S/C15H17N3O2/c1-11(19)12-8-14(17(2)9-12)15(20)18(3)10-13-6-4-5-7-16-13/h4-9H,10H2,1-3H3. The quantitative estimate of drug-likeness (QED) is 0.798. The van der Waals surface area contributed by atoms with Crippen molar-refractivity contribution in [3.63, 3.8) is 0 Å². The highest BCUT2D eigenvalue weighted by Gasteiger charge is 2.17. The molecule has 2 aromatic heterocycles. The van der Waals surface area contributed by atoms with E-state index in [-0.39, 0.29) is 11.7 Å². The first-order valence-corrected chi connectivity index (χ1v) is 6.31. The first kappa shape index (κ1) is 14.0. The lowest BCUT2D eigenvalue weighted by Crippen LogP contribution is -2.28. The van der Waals surface area contributed by atoms with Crippen LogP contribution in [0.15, 0.2) is 36.7 Å². The minimum absolute atomic E-state index is 0.0490. The van der Waals surface area contributed by atoms with Crippen LogP contribution in [0.3, 0.4) is 0 Å². The molecule has 5 heteroatoms. The maximum absolute atomic E-state index is 12.4. The Kier molecular flexibility index (Phi) is 3.98. The van der Waals surface area contributed by atoms with Gasteiger partial charge in [0.05, 0.1) is 12.2 Å². The van der Waals surface area contributed by atoms with Gasteiger partial charge >= 0.3 is 0 Å². The zero-order valence-corrected chi connectivity index (χ0v) is 11.8. The number of ketones is 1. The van der Waals surface area contributed by atoms with Crippen LogP contribution >= 0.6 is 0 Å². The summed E-state index contributed by atoms with van der Waals surface area (Å²) in [7, 11) is 3.48. The van der Waals surface area contributed by atoms with E-state index in [2.05, 4.69) is 4.98 Å². The predicted octanol–water partition coefficient (Wildman–Crippen LogP) is 1.89. The van der Waals surface area contributed by atoms with E-state index in [0.717, 1.165) is 5.69 Å². The number of aromatic nitrogens is 2. The minimum atomic E-state index is -0.134. The molecule has 2 heterocycles. The number of carbonyl (C=O) groups is 2. The SMILES string of the molecule is CC(=O)c1cc(C(=O)N(C)Cc2ccccn2)n(C)c1. The Morgan fingerprint density at radius 1 is 1.35 bits per heavy atom. The van der Waals surface area contributed by atoms with E-state index >= 15 is 0 Å². The van der Waals surface area contributed by atoms with E-state index in [4.69, 9.17) is 0 Å². The smallest absolute Gasteiger partial charge is 0.270 e. The number of rotatable bonds is 4. The summed E-state index contributed by atoms with van der Waals surface area (Å²) >= 11 is 0. The van der Waals surface area contributed by atoms with Gasteiger partial charge in [-0.2, -0.15) is 0 Å². The Hall–Kier alpha value is -2.43. The molecule has 0 aromatic carbocycles. The molecule has 2 rings (SSSR count). The number of pyridine rings is 1. The molecule has 0 aliphatic rings. The van der Waals surface area contributed by atoms with Crippen LogP contribution in [0, 0.1) is 0 Å². The van der Waals surface area contributed by atoms with E-state index in [0.29, 0.717) is 17.8 Å². The highest BCUT2D eigenvalue weighted by molar-refractivity contribution is 5.99. The van der Waals surface area contributed by atoms with E-state index in [1.165, 1.54) is 6.92 Å². The fourth-order valence-electron chi connectivity index (χ4n) is 1.97. The van der Waals surface area contributed by atoms with E-state index in [9.17, 15) is 9.59 Å². The molecule has 0 aliphatic carbocycles. The van der Waals surface area contributed by atoms with Crippen molar-refractivity contribution in [2.45, 2.75) is 13.5 Å².